The Morgan fingerprint density at radius 3 is 2.56 bits per heavy atom. The number of rotatable bonds is 3. The van der Waals surface area contributed by atoms with Crippen molar-refractivity contribution >= 4 is 11.3 Å². The number of aromatic nitrogens is 4. The Morgan fingerprint density at radius 2 is 2.06 bits per heavy atom. The van der Waals surface area contributed by atoms with E-state index >= 15 is 0 Å². The second-order valence-electron chi connectivity index (χ2n) is 5.90. The van der Waals surface area contributed by atoms with Crippen LogP contribution in [-0.4, -0.2) is 19.7 Å². The Bertz CT molecular complexity index is 506. The maximum Gasteiger partial charge on any atom is 0.170 e. The summed E-state index contributed by atoms with van der Waals surface area (Å²) in [6, 6.07) is 0. The van der Waals surface area contributed by atoms with Gasteiger partial charge in [-0.05, 0) is 26.7 Å². The fourth-order valence-corrected chi connectivity index (χ4v) is 2.35. The van der Waals surface area contributed by atoms with Crippen LogP contribution in [0.15, 0.2) is 11.7 Å². The van der Waals surface area contributed by atoms with Gasteiger partial charge in [-0.25, -0.2) is 9.67 Å². The van der Waals surface area contributed by atoms with Crippen LogP contribution in [0, 0.1) is 5.92 Å². The molecule has 0 fully saturated rings. The summed E-state index contributed by atoms with van der Waals surface area (Å²) >= 11 is 1.60. The van der Waals surface area contributed by atoms with E-state index in [9.17, 15) is 0 Å². The third kappa shape index (κ3) is 2.77. The van der Waals surface area contributed by atoms with E-state index in [-0.39, 0.29) is 5.54 Å². The van der Waals surface area contributed by atoms with Gasteiger partial charge in [-0.15, -0.1) is 11.3 Å². The fraction of sp³-hybridized carbons (Fsp3) is 0.615. The highest BCUT2D eigenvalue weighted by molar-refractivity contribution is 7.13. The SMILES string of the molecule is CC(C)Cc1nc(-c2cncs2)n(C(C)(C)C)n1. The van der Waals surface area contributed by atoms with Crippen molar-refractivity contribution in [3.63, 3.8) is 0 Å². The molecule has 0 N–H and O–H groups in total. The van der Waals surface area contributed by atoms with Crippen LogP contribution >= 0.6 is 11.3 Å². The average Bonchev–Trinajstić information content (AvgIpc) is 2.81. The molecule has 0 spiro atoms. The van der Waals surface area contributed by atoms with Crippen LogP contribution < -0.4 is 0 Å². The molecule has 0 unspecified atom stereocenters. The van der Waals surface area contributed by atoms with E-state index in [1.807, 2.05) is 16.4 Å². The lowest BCUT2D eigenvalue weighted by Gasteiger charge is -2.20. The largest absolute Gasteiger partial charge is 0.252 e. The number of hydrogen-bond donors (Lipinski definition) is 0. The van der Waals surface area contributed by atoms with Gasteiger partial charge >= 0.3 is 0 Å². The van der Waals surface area contributed by atoms with E-state index in [0.29, 0.717) is 5.92 Å². The molecule has 0 atom stereocenters. The van der Waals surface area contributed by atoms with E-state index in [1.165, 1.54) is 0 Å². The van der Waals surface area contributed by atoms with E-state index < -0.39 is 0 Å². The molecule has 0 radical (unpaired) electrons. The third-order valence-electron chi connectivity index (χ3n) is 2.53. The van der Waals surface area contributed by atoms with Gasteiger partial charge in [-0.1, -0.05) is 13.8 Å². The zero-order valence-corrected chi connectivity index (χ0v) is 12.5. The van der Waals surface area contributed by atoms with E-state index in [4.69, 9.17) is 0 Å². The van der Waals surface area contributed by atoms with Gasteiger partial charge in [0, 0.05) is 12.6 Å². The first-order valence-electron chi connectivity index (χ1n) is 6.23. The monoisotopic (exact) mass is 264 g/mol. The van der Waals surface area contributed by atoms with Crippen molar-refractivity contribution in [1.29, 1.82) is 0 Å². The molecule has 0 saturated carbocycles. The highest BCUT2D eigenvalue weighted by Crippen LogP contribution is 2.27. The first-order valence-corrected chi connectivity index (χ1v) is 7.11. The van der Waals surface area contributed by atoms with Gasteiger partial charge in [-0.3, -0.25) is 4.98 Å². The molecule has 0 amide bonds. The van der Waals surface area contributed by atoms with Crippen LogP contribution in [0.5, 0.6) is 0 Å². The minimum Gasteiger partial charge on any atom is -0.252 e. The maximum absolute atomic E-state index is 4.68. The molecule has 4 nitrogen and oxygen atoms in total. The first kappa shape index (κ1) is 13.2. The van der Waals surface area contributed by atoms with Crippen LogP contribution in [-0.2, 0) is 12.0 Å². The highest BCUT2D eigenvalue weighted by atomic mass is 32.1. The van der Waals surface area contributed by atoms with Gasteiger partial charge in [0.15, 0.2) is 11.6 Å². The lowest BCUT2D eigenvalue weighted by atomic mass is 10.1. The quantitative estimate of drug-likeness (QED) is 0.854. The molecule has 0 aliphatic heterocycles. The van der Waals surface area contributed by atoms with Gasteiger partial charge in [0.25, 0.3) is 0 Å². The molecule has 2 aromatic heterocycles. The Hall–Kier alpha value is -1.23. The summed E-state index contributed by atoms with van der Waals surface area (Å²) in [7, 11) is 0. The summed E-state index contributed by atoms with van der Waals surface area (Å²) in [4.78, 5) is 9.89. The molecular weight excluding hydrogens is 244 g/mol. The Balaban J connectivity index is 2.46. The van der Waals surface area contributed by atoms with Crippen molar-refractivity contribution in [2.45, 2.75) is 46.6 Å². The van der Waals surface area contributed by atoms with Crippen molar-refractivity contribution < 1.29 is 0 Å². The topological polar surface area (TPSA) is 43.6 Å². The molecule has 0 saturated heterocycles. The molecule has 0 aliphatic carbocycles. The van der Waals surface area contributed by atoms with E-state index in [0.717, 1.165) is 22.9 Å². The van der Waals surface area contributed by atoms with Gasteiger partial charge in [0.1, 0.15) is 0 Å². The van der Waals surface area contributed by atoms with Crippen LogP contribution in [0.2, 0.25) is 0 Å². The number of hydrogen-bond acceptors (Lipinski definition) is 4. The van der Waals surface area contributed by atoms with Crippen LogP contribution in [0.25, 0.3) is 10.7 Å². The van der Waals surface area contributed by atoms with Crippen molar-refractivity contribution in [3.8, 4) is 10.7 Å². The lowest BCUT2D eigenvalue weighted by Crippen LogP contribution is -2.24. The fourth-order valence-electron chi connectivity index (χ4n) is 1.76. The molecule has 0 aromatic carbocycles. The molecular formula is C13H20N4S. The van der Waals surface area contributed by atoms with E-state index in [1.54, 1.807) is 11.3 Å². The van der Waals surface area contributed by atoms with Crippen molar-refractivity contribution in [2.75, 3.05) is 0 Å². The average molecular weight is 264 g/mol. The number of nitrogens with zero attached hydrogens (tertiary/aromatic N) is 4. The predicted molar refractivity (Wildman–Crippen MR) is 74.7 cm³/mol. The summed E-state index contributed by atoms with van der Waals surface area (Å²) in [5, 5.41) is 4.66. The third-order valence-corrected chi connectivity index (χ3v) is 3.30. The van der Waals surface area contributed by atoms with E-state index in [2.05, 4.69) is 49.7 Å². The second-order valence-corrected chi connectivity index (χ2v) is 6.78. The van der Waals surface area contributed by atoms with Gasteiger partial charge < -0.3 is 0 Å². The minimum atomic E-state index is -0.0679. The molecule has 18 heavy (non-hydrogen) atoms. The first-order chi connectivity index (χ1) is 8.38. The van der Waals surface area contributed by atoms with Crippen molar-refractivity contribution in [2.24, 2.45) is 5.92 Å². The van der Waals surface area contributed by atoms with Gasteiger partial charge in [-0.2, -0.15) is 5.10 Å². The van der Waals surface area contributed by atoms with Crippen molar-refractivity contribution in [3.05, 3.63) is 17.5 Å². The zero-order chi connectivity index (χ0) is 13.3. The molecule has 2 heterocycles. The second kappa shape index (κ2) is 4.80. The molecule has 2 aromatic rings. The Morgan fingerprint density at radius 1 is 1.33 bits per heavy atom. The Labute approximate surface area is 112 Å². The summed E-state index contributed by atoms with van der Waals surface area (Å²) < 4.78 is 2.01. The van der Waals surface area contributed by atoms with Crippen LogP contribution in [0.1, 0.15) is 40.4 Å². The molecule has 0 aliphatic rings. The highest BCUT2D eigenvalue weighted by Gasteiger charge is 2.22. The summed E-state index contributed by atoms with van der Waals surface area (Å²) in [5.74, 6) is 2.42. The van der Waals surface area contributed by atoms with Crippen LogP contribution in [0.4, 0.5) is 0 Å². The molecule has 0 bridgehead atoms. The van der Waals surface area contributed by atoms with Gasteiger partial charge in [0.2, 0.25) is 0 Å². The molecule has 2 rings (SSSR count). The maximum atomic E-state index is 4.68. The standard InChI is InChI=1S/C13H20N4S/c1-9(2)6-11-15-12(10-7-14-8-18-10)17(16-11)13(3,4)5/h7-9H,6H2,1-5H3. The predicted octanol–water partition coefficient (Wildman–Crippen LogP) is 3.36. The van der Waals surface area contributed by atoms with Gasteiger partial charge in [0.05, 0.1) is 15.9 Å². The summed E-state index contributed by atoms with van der Waals surface area (Å²) in [6.07, 6.45) is 2.77. The normalized spacial score (nSPS) is 12.3. The Kier molecular flexibility index (Phi) is 3.52. The minimum absolute atomic E-state index is 0.0679. The summed E-state index contributed by atoms with van der Waals surface area (Å²) in [5.41, 5.74) is 1.76. The zero-order valence-electron chi connectivity index (χ0n) is 11.6. The molecule has 98 valence electrons. The molecule has 5 heteroatoms. The number of thiazole rings is 1. The summed E-state index contributed by atoms with van der Waals surface area (Å²) in [6.45, 7) is 10.8. The lowest BCUT2D eigenvalue weighted by molar-refractivity contribution is 0.356. The van der Waals surface area contributed by atoms with Crippen molar-refractivity contribution in [1.82, 2.24) is 19.7 Å². The smallest absolute Gasteiger partial charge is 0.170 e. The van der Waals surface area contributed by atoms with Crippen LogP contribution in [0.3, 0.4) is 0 Å².